The fourth-order valence-corrected chi connectivity index (χ4v) is 3.99. The summed E-state index contributed by atoms with van der Waals surface area (Å²) in [5, 5.41) is 5.64. The van der Waals surface area contributed by atoms with Crippen LogP contribution in [0.4, 0.5) is 0 Å². The molecule has 0 bridgehead atoms. The lowest BCUT2D eigenvalue weighted by atomic mass is 9.86. The van der Waals surface area contributed by atoms with Gasteiger partial charge in [0.05, 0.1) is 12.8 Å². The highest BCUT2D eigenvalue weighted by Crippen LogP contribution is 2.33. The summed E-state index contributed by atoms with van der Waals surface area (Å²) in [6, 6.07) is 18.0. The minimum atomic E-state index is 0.733. The van der Waals surface area contributed by atoms with Crippen LogP contribution in [0.3, 0.4) is 0 Å². The Morgan fingerprint density at radius 1 is 0.724 bits per heavy atom. The Morgan fingerprint density at radius 3 is 2.31 bits per heavy atom. The van der Waals surface area contributed by atoms with Crippen LogP contribution in [0, 0.1) is 0 Å². The molecule has 0 radical (unpaired) electrons. The summed E-state index contributed by atoms with van der Waals surface area (Å²) >= 11 is 0. The summed E-state index contributed by atoms with van der Waals surface area (Å²) in [5.41, 5.74) is 3.17. The van der Waals surface area contributed by atoms with Crippen molar-refractivity contribution in [3.8, 4) is 0 Å². The zero-order chi connectivity index (χ0) is 19.7. The number of aryl methyl sites for hydroxylation is 2. The van der Waals surface area contributed by atoms with Crippen LogP contribution in [-0.4, -0.2) is 19.4 Å². The average Bonchev–Trinajstić information content (AvgIpc) is 3.41. The van der Waals surface area contributed by atoms with E-state index >= 15 is 0 Å². The fourth-order valence-electron chi connectivity index (χ4n) is 3.99. The van der Waals surface area contributed by atoms with E-state index in [0.29, 0.717) is 0 Å². The van der Waals surface area contributed by atoms with Gasteiger partial charge in [0, 0.05) is 6.21 Å². The number of ether oxygens (including phenoxy) is 1. The molecule has 0 N–H and O–H groups in total. The van der Waals surface area contributed by atoms with Gasteiger partial charge in [-0.25, -0.2) is 0 Å². The lowest BCUT2D eigenvalue weighted by Gasteiger charge is -2.18. The van der Waals surface area contributed by atoms with Gasteiger partial charge in [-0.2, -0.15) is 0 Å². The molecule has 3 aliphatic rings. The van der Waals surface area contributed by atoms with Crippen molar-refractivity contribution in [3.05, 3.63) is 96.3 Å². The summed E-state index contributed by atoms with van der Waals surface area (Å²) in [5.74, 6) is 0. The highest BCUT2D eigenvalue weighted by atomic mass is 16.5. The summed E-state index contributed by atoms with van der Waals surface area (Å²) in [7, 11) is 0. The molecule has 146 valence electrons. The lowest BCUT2D eigenvalue weighted by Crippen LogP contribution is -2.02. The zero-order valence-corrected chi connectivity index (χ0v) is 16.8. The van der Waals surface area contributed by atoms with Crippen LogP contribution < -0.4 is 0 Å². The van der Waals surface area contributed by atoms with Crippen molar-refractivity contribution >= 4 is 27.8 Å². The van der Waals surface area contributed by atoms with Gasteiger partial charge in [-0.3, -0.25) is 4.99 Å². The summed E-state index contributed by atoms with van der Waals surface area (Å²) in [4.78, 5) is 3.85. The second kappa shape index (κ2) is 9.88. The topological polar surface area (TPSA) is 21.6 Å². The van der Waals surface area contributed by atoms with Crippen molar-refractivity contribution in [1.29, 1.82) is 0 Å². The molecule has 1 aliphatic carbocycles. The number of allylic oxidation sites excluding steroid dienone is 3. The number of hydrogen-bond donors (Lipinski definition) is 0. The third-order valence-electron chi connectivity index (χ3n) is 5.41. The normalized spacial score (nSPS) is 15.9. The molecule has 29 heavy (non-hydrogen) atoms. The summed E-state index contributed by atoms with van der Waals surface area (Å²) in [6.07, 6.45) is 18.4. The van der Waals surface area contributed by atoms with Gasteiger partial charge in [-0.1, -0.05) is 60.7 Å². The van der Waals surface area contributed by atoms with E-state index in [1.165, 1.54) is 47.2 Å². The molecule has 3 aromatic rings. The second-order valence-corrected chi connectivity index (χ2v) is 7.32. The molecule has 0 saturated heterocycles. The van der Waals surface area contributed by atoms with E-state index in [4.69, 9.17) is 4.74 Å². The number of aliphatic imine (C=N–C) groups is 1. The third kappa shape index (κ3) is 4.83. The molecule has 0 fully saturated rings. The number of nitrogens with zero attached hydrogens (tertiary/aromatic N) is 1. The highest BCUT2D eigenvalue weighted by Gasteiger charge is 2.13. The first-order chi connectivity index (χ1) is 14.4. The van der Waals surface area contributed by atoms with Gasteiger partial charge in [0.15, 0.2) is 0 Å². The Kier molecular flexibility index (Phi) is 6.54. The quantitative estimate of drug-likeness (QED) is 0.403. The molecule has 2 aliphatic heterocycles. The first kappa shape index (κ1) is 19.2. The molecular weight excluding hydrogens is 354 g/mol. The maximum absolute atomic E-state index is 4.80. The van der Waals surface area contributed by atoms with Crippen molar-refractivity contribution in [2.75, 3.05) is 13.2 Å². The second-order valence-electron chi connectivity index (χ2n) is 7.32. The van der Waals surface area contributed by atoms with Crippen LogP contribution in [-0.2, 0) is 17.6 Å². The molecule has 3 aromatic carbocycles. The third-order valence-corrected chi connectivity index (χ3v) is 5.41. The smallest absolute Gasteiger partial charge is 0.106 e. The van der Waals surface area contributed by atoms with Crippen LogP contribution in [0.1, 0.15) is 24.0 Å². The molecule has 2 heterocycles. The SMILES string of the molecule is C1=CCN=C1.C1=CCOC=C1.c1ccc2c(c1)ccc1c3c(ccc12)CCCC3. The molecule has 0 aromatic heterocycles. The van der Waals surface area contributed by atoms with Gasteiger partial charge in [0.25, 0.3) is 0 Å². The Labute approximate surface area is 172 Å². The standard InChI is InChI=1S/C18H16.C5H6O.C4H5N/c1-3-7-15-13(5-1)9-11-18-16-8-4-2-6-14(16)10-12-17(15)18;1-2-4-6-5-3-1;1-2-4-5-3-1/h1,3,5,7,9-12H,2,4,6,8H2;1-4H,5H2;1-3H,4H2. The monoisotopic (exact) mass is 381 g/mol. The minimum absolute atomic E-state index is 0.733. The van der Waals surface area contributed by atoms with Crippen LogP contribution >= 0.6 is 0 Å². The summed E-state index contributed by atoms with van der Waals surface area (Å²) < 4.78 is 4.80. The maximum atomic E-state index is 4.80. The molecular formula is C27H27NO. The molecule has 0 unspecified atom stereocenters. The number of rotatable bonds is 0. The predicted molar refractivity (Wildman–Crippen MR) is 125 cm³/mol. The predicted octanol–water partition coefficient (Wildman–Crippen LogP) is 6.59. The number of hydrogen-bond acceptors (Lipinski definition) is 2. The van der Waals surface area contributed by atoms with Gasteiger partial charge < -0.3 is 4.74 Å². The fraction of sp³-hybridized carbons (Fsp3) is 0.222. The van der Waals surface area contributed by atoms with Crippen molar-refractivity contribution in [2.24, 2.45) is 4.99 Å². The molecule has 6 rings (SSSR count). The molecule has 0 saturated carbocycles. The van der Waals surface area contributed by atoms with E-state index in [9.17, 15) is 0 Å². The van der Waals surface area contributed by atoms with Crippen molar-refractivity contribution in [1.82, 2.24) is 0 Å². The van der Waals surface area contributed by atoms with E-state index in [1.807, 2.05) is 30.4 Å². The van der Waals surface area contributed by atoms with Crippen molar-refractivity contribution in [3.63, 3.8) is 0 Å². The van der Waals surface area contributed by atoms with Gasteiger partial charge in [0.2, 0.25) is 0 Å². The van der Waals surface area contributed by atoms with E-state index in [2.05, 4.69) is 53.5 Å². The van der Waals surface area contributed by atoms with Crippen LogP contribution in [0.25, 0.3) is 21.5 Å². The summed E-state index contributed by atoms with van der Waals surface area (Å²) in [6.45, 7) is 1.62. The number of fused-ring (bicyclic) bond motifs is 5. The Hall–Kier alpha value is -3.13. The van der Waals surface area contributed by atoms with Crippen LogP contribution in [0.2, 0.25) is 0 Å². The minimum Gasteiger partial charge on any atom is -0.497 e. The van der Waals surface area contributed by atoms with E-state index in [-0.39, 0.29) is 0 Å². The van der Waals surface area contributed by atoms with E-state index < -0.39 is 0 Å². The molecule has 2 heteroatoms. The zero-order valence-electron chi connectivity index (χ0n) is 16.8. The van der Waals surface area contributed by atoms with Gasteiger partial charge in [0.1, 0.15) is 6.61 Å². The first-order valence-corrected chi connectivity index (χ1v) is 10.4. The van der Waals surface area contributed by atoms with Gasteiger partial charge in [-0.15, -0.1) is 0 Å². The van der Waals surface area contributed by atoms with Crippen LogP contribution in [0.5, 0.6) is 0 Å². The Bertz CT molecular complexity index is 1070. The van der Waals surface area contributed by atoms with Crippen LogP contribution in [0.15, 0.2) is 90.2 Å². The van der Waals surface area contributed by atoms with E-state index in [1.54, 1.807) is 23.6 Å². The first-order valence-electron chi connectivity index (χ1n) is 10.4. The largest absolute Gasteiger partial charge is 0.497 e. The van der Waals surface area contributed by atoms with Gasteiger partial charge >= 0.3 is 0 Å². The highest BCUT2D eigenvalue weighted by molar-refractivity contribution is 6.08. The van der Waals surface area contributed by atoms with E-state index in [0.717, 1.165) is 13.2 Å². The molecule has 2 nitrogen and oxygen atoms in total. The Morgan fingerprint density at radius 2 is 1.62 bits per heavy atom. The molecule has 0 amide bonds. The Balaban J connectivity index is 0.000000152. The lowest BCUT2D eigenvalue weighted by molar-refractivity contribution is 0.286. The molecule has 0 spiro atoms. The maximum Gasteiger partial charge on any atom is 0.106 e. The average molecular weight is 382 g/mol. The number of benzene rings is 3. The molecule has 0 atom stereocenters. The van der Waals surface area contributed by atoms with Gasteiger partial charge in [-0.05, 0) is 76.6 Å². The van der Waals surface area contributed by atoms with Crippen molar-refractivity contribution in [2.45, 2.75) is 25.7 Å². The van der Waals surface area contributed by atoms with Crippen molar-refractivity contribution < 1.29 is 4.74 Å².